The fourth-order valence-electron chi connectivity index (χ4n) is 1.57. The van der Waals surface area contributed by atoms with Gasteiger partial charge in [-0.25, -0.2) is 8.42 Å². The van der Waals surface area contributed by atoms with Gasteiger partial charge in [-0.2, -0.15) is 0 Å². The van der Waals surface area contributed by atoms with E-state index in [0.29, 0.717) is 17.7 Å². The van der Waals surface area contributed by atoms with Crippen molar-refractivity contribution in [1.82, 2.24) is 5.32 Å². The van der Waals surface area contributed by atoms with Gasteiger partial charge in [-0.3, -0.25) is 14.3 Å². The van der Waals surface area contributed by atoms with Crippen LogP contribution in [0.15, 0.2) is 24.3 Å². The zero-order chi connectivity index (χ0) is 15.9. The van der Waals surface area contributed by atoms with Gasteiger partial charge in [0.25, 0.3) is 5.91 Å². The molecule has 0 aliphatic carbocycles. The third-order valence-corrected chi connectivity index (χ3v) is 4.01. The normalized spacial score (nSPS) is 10.9. The number of anilines is 1. The van der Waals surface area contributed by atoms with Crippen molar-refractivity contribution in [2.24, 2.45) is 0 Å². The topological polar surface area (TPSA) is 113 Å². The minimum atomic E-state index is -3.36. The van der Waals surface area contributed by atoms with E-state index in [1.54, 1.807) is 6.92 Å². The molecule has 0 aliphatic rings. The maximum Gasteiger partial charge on any atom is 0.305 e. The van der Waals surface area contributed by atoms with Gasteiger partial charge >= 0.3 is 5.97 Å². The number of amides is 1. The van der Waals surface area contributed by atoms with E-state index >= 15 is 0 Å². The molecule has 0 aliphatic heterocycles. The van der Waals surface area contributed by atoms with Crippen LogP contribution in [0.1, 0.15) is 30.1 Å². The molecule has 8 heteroatoms. The number of sulfonamides is 1. The lowest BCUT2D eigenvalue weighted by molar-refractivity contribution is -0.136. The van der Waals surface area contributed by atoms with Crippen molar-refractivity contribution in [1.29, 1.82) is 0 Å². The lowest BCUT2D eigenvalue weighted by atomic mass is 10.2. The molecule has 0 radical (unpaired) electrons. The molecule has 7 nitrogen and oxygen atoms in total. The van der Waals surface area contributed by atoms with Crippen molar-refractivity contribution in [2.45, 2.75) is 19.8 Å². The van der Waals surface area contributed by atoms with Crippen LogP contribution in [-0.4, -0.2) is 37.7 Å². The van der Waals surface area contributed by atoms with Crippen molar-refractivity contribution in [3.63, 3.8) is 0 Å². The predicted molar refractivity (Wildman–Crippen MR) is 78.7 cm³/mol. The van der Waals surface area contributed by atoms with E-state index in [9.17, 15) is 18.0 Å². The molecule has 0 heterocycles. The highest BCUT2D eigenvalue weighted by Gasteiger charge is 2.10. The molecule has 1 amide bonds. The summed E-state index contributed by atoms with van der Waals surface area (Å²) in [6.07, 6.45) is 0.361. The van der Waals surface area contributed by atoms with E-state index in [4.69, 9.17) is 5.11 Å². The molecule has 0 saturated heterocycles. The highest BCUT2D eigenvalue weighted by Crippen LogP contribution is 2.12. The fourth-order valence-corrected chi connectivity index (χ4v) is 2.71. The molecule has 116 valence electrons. The zero-order valence-electron chi connectivity index (χ0n) is 11.6. The Morgan fingerprint density at radius 1 is 1.19 bits per heavy atom. The van der Waals surface area contributed by atoms with Crippen molar-refractivity contribution < 1.29 is 23.1 Å². The van der Waals surface area contributed by atoms with Crippen molar-refractivity contribution >= 4 is 27.6 Å². The molecule has 0 bridgehead atoms. The Labute approximate surface area is 123 Å². The van der Waals surface area contributed by atoms with Gasteiger partial charge in [0.15, 0.2) is 0 Å². The smallest absolute Gasteiger partial charge is 0.305 e. The molecule has 0 spiro atoms. The van der Waals surface area contributed by atoms with Gasteiger partial charge in [0, 0.05) is 17.8 Å². The summed E-state index contributed by atoms with van der Waals surface area (Å²) in [5, 5.41) is 10.9. The van der Waals surface area contributed by atoms with E-state index in [0.717, 1.165) is 0 Å². The van der Waals surface area contributed by atoms with Crippen LogP contribution in [0.2, 0.25) is 0 Å². The number of carbonyl (C=O) groups excluding carboxylic acids is 1. The van der Waals surface area contributed by atoms with E-state index in [1.807, 2.05) is 0 Å². The van der Waals surface area contributed by atoms with E-state index < -0.39 is 21.9 Å². The molecule has 0 fully saturated rings. The van der Waals surface area contributed by atoms with Crippen LogP contribution in [0, 0.1) is 0 Å². The van der Waals surface area contributed by atoms with Gasteiger partial charge in [-0.05, 0) is 30.7 Å². The molecule has 0 aromatic heterocycles. The summed E-state index contributed by atoms with van der Waals surface area (Å²) in [6.45, 7) is 1.81. The summed E-state index contributed by atoms with van der Waals surface area (Å²) in [4.78, 5) is 22.0. The summed E-state index contributed by atoms with van der Waals surface area (Å²) >= 11 is 0. The Morgan fingerprint density at radius 3 is 2.33 bits per heavy atom. The van der Waals surface area contributed by atoms with Crippen LogP contribution in [0.5, 0.6) is 0 Å². The van der Waals surface area contributed by atoms with Gasteiger partial charge in [0.05, 0.1) is 12.2 Å². The van der Waals surface area contributed by atoms with Gasteiger partial charge in [0.1, 0.15) is 0 Å². The number of hydrogen-bond acceptors (Lipinski definition) is 4. The quantitative estimate of drug-likeness (QED) is 0.663. The lowest BCUT2D eigenvalue weighted by Crippen LogP contribution is -2.26. The van der Waals surface area contributed by atoms with Gasteiger partial charge in [-0.1, -0.05) is 6.92 Å². The van der Waals surface area contributed by atoms with Gasteiger partial charge < -0.3 is 10.4 Å². The van der Waals surface area contributed by atoms with Gasteiger partial charge in [-0.15, -0.1) is 0 Å². The first-order chi connectivity index (χ1) is 9.84. The second kappa shape index (κ2) is 7.63. The van der Waals surface area contributed by atoms with E-state index in [1.165, 1.54) is 24.3 Å². The van der Waals surface area contributed by atoms with Crippen LogP contribution in [-0.2, 0) is 14.8 Å². The molecule has 0 saturated carbocycles. The number of hydrogen-bond donors (Lipinski definition) is 3. The molecule has 3 N–H and O–H groups in total. The predicted octanol–water partition coefficient (Wildman–Crippen LogP) is 1.04. The maximum absolute atomic E-state index is 11.7. The van der Waals surface area contributed by atoms with Crippen molar-refractivity contribution in [3.8, 4) is 0 Å². The SMILES string of the molecule is CCCS(=O)(=O)Nc1ccc(C(=O)NCCC(=O)O)cc1. The molecule has 1 aromatic carbocycles. The first-order valence-electron chi connectivity index (χ1n) is 6.44. The van der Waals surface area contributed by atoms with Crippen LogP contribution in [0.4, 0.5) is 5.69 Å². The number of benzene rings is 1. The van der Waals surface area contributed by atoms with Crippen molar-refractivity contribution in [2.75, 3.05) is 17.0 Å². The van der Waals surface area contributed by atoms with Crippen LogP contribution < -0.4 is 10.0 Å². The standard InChI is InChI=1S/C13H18N2O5S/c1-2-9-21(19,20)15-11-5-3-10(4-6-11)13(18)14-8-7-12(16)17/h3-6,15H,2,7-9H2,1H3,(H,14,18)(H,16,17). The molecule has 0 atom stereocenters. The number of rotatable bonds is 8. The first kappa shape index (κ1) is 17.0. The Balaban J connectivity index is 2.61. The number of nitrogens with one attached hydrogen (secondary N) is 2. The summed E-state index contributed by atoms with van der Waals surface area (Å²) in [5.41, 5.74) is 0.712. The Bertz CT molecular complexity index is 595. The summed E-state index contributed by atoms with van der Waals surface area (Å²) < 4.78 is 25.6. The second-order valence-corrected chi connectivity index (χ2v) is 6.24. The Morgan fingerprint density at radius 2 is 1.81 bits per heavy atom. The maximum atomic E-state index is 11.7. The Kier molecular flexibility index (Phi) is 6.16. The molecule has 1 rings (SSSR count). The second-order valence-electron chi connectivity index (χ2n) is 4.40. The molecular weight excluding hydrogens is 296 g/mol. The summed E-state index contributed by atoms with van der Waals surface area (Å²) in [5.74, 6) is -1.36. The number of carbonyl (C=O) groups is 2. The highest BCUT2D eigenvalue weighted by atomic mass is 32.2. The highest BCUT2D eigenvalue weighted by molar-refractivity contribution is 7.92. The number of aliphatic carboxylic acids is 1. The minimum absolute atomic E-state index is 0.0322. The lowest BCUT2D eigenvalue weighted by Gasteiger charge is -2.08. The average molecular weight is 314 g/mol. The van der Waals surface area contributed by atoms with Crippen LogP contribution in [0.3, 0.4) is 0 Å². The number of carboxylic acid groups (broad SMARTS) is 1. The van der Waals surface area contributed by atoms with E-state index in [2.05, 4.69) is 10.0 Å². The first-order valence-corrected chi connectivity index (χ1v) is 8.10. The summed E-state index contributed by atoms with van der Waals surface area (Å²) in [7, 11) is -3.36. The number of carboxylic acids is 1. The largest absolute Gasteiger partial charge is 0.481 e. The fraction of sp³-hybridized carbons (Fsp3) is 0.385. The van der Waals surface area contributed by atoms with Crippen LogP contribution in [0.25, 0.3) is 0 Å². The minimum Gasteiger partial charge on any atom is -0.481 e. The summed E-state index contributed by atoms with van der Waals surface area (Å²) in [6, 6.07) is 5.92. The van der Waals surface area contributed by atoms with Crippen molar-refractivity contribution in [3.05, 3.63) is 29.8 Å². The Hall–Kier alpha value is -2.09. The average Bonchev–Trinajstić information content (AvgIpc) is 2.38. The monoisotopic (exact) mass is 314 g/mol. The zero-order valence-corrected chi connectivity index (χ0v) is 12.4. The molecule has 0 unspecified atom stereocenters. The van der Waals surface area contributed by atoms with Crippen LogP contribution >= 0.6 is 0 Å². The molecule has 21 heavy (non-hydrogen) atoms. The van der Waals surface area contributed by atoms with E-state index in [-0.39, 0.29) is 18.7 Å². The van der Waals surface area contributed by atoms with Gasteiger partial charge in [0.2, 0.25) is 10.0 Å². The third-order valence-electron chi connectivity index (χ3n) is 2.52. The third kappa shape index (κ3) is 6.26. The molecule has 1 aromatic rings. The molecular formula is C13H18N2O5S.